The van der Waals surface area contributed by atoms with Crippen LogP contribution in [0.1, 0.15) is 19.5 Å². The van der Waals surface area contributed by atoms with Gasteiger partial charge in [0.1, 0.15) is 4.60 Å². The predicted molar refractivity (Wildman–Crippen MR) is 68.4 cm³/mol. The van der Waals surface area contributed by atoms with E-state index >= 15 is 0 Å². The number of aromatic nitrogens is 1. The van der Waals surface area contributed by atoms with Gasteiger partial charge in [-0.1, -0.05) is 0 Å². The summed E-state index contributed by atoms with van der Waals surface area (Å²) in [5.74, 6) is -0.0813. The van der Waals surface area contributed by atoms with Gasteiger partial charge in [-0.25, -0.2) is 4.98 Å². The van der Waals surface area contributed by atoms with E-state index < -0.39 is 5.54 Å². The quantitative estimate of drug-likeness (QED) is 0.837. The Morgan fingerprint density at radius 3 is 2.56 bits per heavy atom. The molecule has 1 aromatic heterocycles. The van der Waals surface area contributed by atoms with Crippen LogP contribution in [-0.4, -0.2) is 23.5 Å². The number of halogens is 1. The largest absolute Gasteiger partial charge is 0.323 e. The van der Waals surface area contributed by atoms with Gasteiger partial charge in [-0.2, -0.15) is 0 Å². The molecule has 0 spiro atoms. The van der Waals surface area contributed by atoms with Crippen LogP contribution in [0, 0.1) is 6.92 Å². The molecule has 0 fully saturated rings. The molecule has 0 aliphatic heterocycles. The van der Waals surface area contributed by atoms with Gasteiger partial charge >= 0.3 is 0 Å². The van der Waals surface area contributed by atoms with E-state index in [9.17, 15) is 4.79 Å². The van der Waals surface area contributed by atoms with Gasteiger partial charge in [0, 0.05) is 0 Å². The normalized spacial score (nSPS) is 11.3. The van der Waals surface area contributed by atoms with Gasteiger partial charge in [0.05, 0.1) is 16.9 Å². The summed E-state index contributed by atoms with van der Waals surface area (Å²) in [7, 11) is 1.76. The van der Waals surface area contributed by atoms with Crippen LogP contribution in [0.2, 0.25) is 0 Å². The zero-order valence-electron chi connectivity index (χ0n) is 9.89. The molecule has 0 saturated carbocycles. The number of pyridine rings is 1. The van der Waals surface area contributed by atoms with Crippen molar-refractivity contribution >= 4 is 27.5 Å². The molecule has 0 aliphatic carbocycles. The zero-order valence-corrected chi connectivity index (χ0v) is 11.5. The number of likely N-dealkylation sites (N-methyl/N-ethyl adjacent to an activating group) is 1. The van der Waals surface area contributed by atoms with E-state index in [-0.39, 0.29) is 5.91 Å². The summed E-state index contributed by atoms with van der Waals surface area (Å²) in [6.07, 6.45) is 0. The molecule has 1 heterocycles. The molecule has 0 saturated heterocycles. The molecular weight excluding hydrogens is 270 g/mol. The minimum Gasteiger partial charge on any atom is -0.323 e. The topological polar surface area (TPSA) is 54.0 Å². The molecule has 1 rings (SSSR count). The Morgan fingerprint density at radius 2 is 2.06 bits per heavy atom. The predicted octanol–water partition coefficient (Wildman–Crippen LogP) is 2.09. The average Bonchev–Trinajstić information content (AvgIpc) is 2.22. The second-order valence-electron chi connectivity index (χ2n) is 4.10. The molecule has 0 bridgehead atoms. The van der Waals surface area contributed by atoms with Gasteiger partial charge in [-0.3, -0.25) is 4.79 Å². The van der Waals surface area contributed by atoms with E-state index in [0.717, 1.165) is 16.0 Å². The van der Waals surface area contributed by atoms with Gasteiger partial charge in [0.2, 0.25) is 5.91 Å². The van der Waals surface area contributed by atoms with E-state index in [1.54, 1.807) is 13.1 Å². The van der Waals surface area contributed by atoms with Gasteiger partial charge in [0.25, 0.3) is 0 Å². The summed E-state index contributed by atoms with van der Waals surface area (Å²) in [4.78, 5) is 16.1. The van der Waals surface area contributed by atoms with Crippen molar-refractivity contribution in [2.75, 3.05) is 12.4 Å². The van der Waals surface area contributed by atoms with Crippen LogP contribution in [0.25, 0.3) is 0 Å². The smallest absolute Gasteiger partial charge is 0.244 e. The number of anilines is 1. The van der Waals surface area contributed by atoms with Crippen molar-refractivity contribution in [3.05, 3.63) is 22.4 Å². The lowest BCUT2D eigenvalue weighted by molar-refractivity contribution is -0.121. The average molecular weight is 286 g/mol. The number of hydrogen-bond acceptors (Lipinski definition) is 3. The van der Waals surface area contributed by atoms with Gasteiger partial charge < -0.3 is 10.6 Å². The number of rotatable bonds is 3. The van der Waals surface area contributed by atoms with E-state index in [1.807, 2.05) is 26.8 Å². The first-order chi connectivity index (χ1) is 7.36. The number of aryl methyl sites for hydroxylation is 1. The molecule has 0 aromatic carbocycles. The number of amides is 1. The number of hydrogen-bond donors (Lipinski definition) is 2. The Morgan fingerprint density at radius 1 is 1.44 bits per heavy atom. The van der Waals surface area contributed by atoms with Gasteiger partial charge in [-0.05, 0) is 55.9 Å². The minimum absolute atomic E-state index is 0.0813. The first-order valence-electron chi connectivity index (χ1n) is 5.00. The fraction of sp³-hybridized carbons (Fsp3) is 0.455. The van der Waals surface area contributed by atoms with Crippen LogP contribution in [0.3, 0.4) is 0 Å². The molecule has 16 heavy (non-hydrogen) atoms. The standard InChI is InChI=1S/C11H16BrN3O/c1-7-8(5-6-9(12)14-7)15-10(16)11(2,3)13-4/h5-6,13H,1-4H3,(H,15,16). The summed E-state index contributed by atoms with van der Waals surface area (Å²) in [5.41, 5.74) is 0.922. The Kier molecular flexibility index (Phi) is 4.04. The highest BCUT2D eigenvalue weighted by atomic mass is 79.9. The van der Waals surface area contributed by atoms with Crippen molar-refractivity contribution in [1.82, 2.24) is 10.3 Å². The summed E-state index contributed by atoms with van der Waals surface area (Å²) < 4.78 is 0.760. The fourth-order valence-electron chi connectivity index (χ4n) is 1.05. The number of carbonyl (C=O) groups excluding carboxylic acids is 1. The Hall–Kier alpha value is -0.940. The van der Waals surface area contributed by atoms with Crippen molar-refractivity contribution in [2.24, 2.45) is 0 Å². The molecule has 2 N–H and O–H groups in total. The second kappa shape index (κ2) is 4.93. The SMILES string of the molecule is CNC(C)(C)C(=O)Nc1ccc(Br)nc1C. The zero-order chi connectivity index (χ0) is 12.3. The van der Waals surface area contributed by atoms with Crippen molar-refractivity contribution in [3.63, 3.8) is 0 Å². The highest BCUT2D eigenvalue weighted by Crippen LogP contribution is 2.17. The van der Waals surface area contributed by atoms with Crippen LogP contribution >= 0.6 is 15.9 Å². The lowest BCUT2D eigenvalue weighted by Crippen LogP contribution is -2.48. The highest BCUT2D eigenvalue weighted by Gasteiger charge is 2.25. The minimum atomic E-state index is -0.598. The molecule has 88 valence electrons. The Bertz CT molecular complexity index is 404. The van der Waals surface area contributed by atoms with Gasteiger partial charge in [-0.15, -0.1) is 0 Å². The molecule has 0 aliphatic rings. The van der Waals surface area contributed by atoms with Crippen LogP contribution in [-0.2, 0) is 4.79 Å². The number of carbonyl (C=O) groups is 1. The summed E-state index contributed by atoms with van der Waals surface area (Å²) in [6.45, 7) is 5.50. The van der Waals surface area contributed by atoms with Crippen LogP contribution < -0.4 is 10.6 Å². The Labute approximate surface area is 104 Å². The highest BCUT2D eigenvalue weighted by molar-refractivity contribution is 9.10. The molecule has 0 unspecified atom stereocenters. The van der Waals surface area contributed by atoms with E-state index in [4.69, 9.17) is 0 Å². The summed E-state index contributed by atoms with van der Waals surface area (Å²) in [5, 5.41) is 5.79. The van der Waals surface area contributed by atoms with Crippen LogP contribution in [0.4, 0.5) is 5.69 Å². The maximum absolute atomic E-state index is 11.9. The van der Waals surface area contributed by atoms with E-state index in [2.05, 4.69) is 31.5 Å². The van der Waals surface area contributed by atoms with E-state index in [1.165, 1.54) is 0 Å². The monoisotopic (exact) mass is 285 g/mol. The lowest BCUT2D eigenvalue weighted by Gasteiger charge is -2.23. The van der Waals surface area contributed by atoms with Crippen molar-refractivity contribution in [3.8, 4) is 0 Å². The molecule has 5 heteroatoms. The molecule has 1 amide bonds. The van der Waals surface area contributed by atoms with Crippen LogP contribution in [0.5, 0.6) is 0 Å². The first-order valence-corrected chi connectivity index (χ1v) is 5.79. The molecule has 0 radical (unpaired) electrons. The summed E-state index contributed by atoms with van der Waals surface area (Å²) >= 11 is 3.28. The molecule has 4 nitrogen and oxygen atoms in total. The fourth-order valence-corrected chi connectivity index (χ4v) is 1.45. The van der Waals surface area contributed by atoms with Crippen molar-refractivity contribution in [2.45, 2.75) is 26.3 Å². The third kappa shape index (κ3) is 3.02. The first kappa shape index (κ1) is 13.1. The third-order valence-corrected chi connectivity index (χ3v) is 2.93. The lowest BCUT2D eigenvalue weighted by atomic mass is 10.1. The van der Waals surface area contributed by atoms with E-state index in [0.29, 0.717) is 0 Å². The summed E-state index contributed by atoms with van der Waals surface area (Å²) in [6, 6.07) is 3.63. The maximum atomic E-state index is 11.9. The number of nitrogens with one attached hydrogen (secondary N) is 2. The molecular formula is C11H16BrN3O. The molecule has 0 atom stereocenters. The second-order valence-corrected chi connectivity index (χ2v) is 4.91. The van der Waals surface area contributed by atoms with Crippen molar-refractivity contribution in [1.29, 1.82) is 0 Å². The third-order valence-electron chi connectivity index (χ3n) is 2.49. The maximum Gasteiger partial charge on any atom is 0.244 e. The van der Waals surface area contributed by atoms with Crippen molar-refractivity contribution < 1.29 is 4.79 Å². The molecule has 1 aromatic rings. The Balaban J connectivity index is 2.85. The van der Waals surface area contributed by atoms with Gasteiger partial charge in [0.15, 0.2) is 0 Å². The number of nitrogens with zero attached hydrogens (tertiary/aromatic N) is 1. The van der Waals surface area contributed by atoms with Crippen LogP contribution in [0.15, 0.2) is 16.7 Å².